The Morgan fingerprint density at radius 2 is 1.78 bits per heavy atom. The van der Waals surface area contributed by atoms with E-state index in [1.54, 1.807) is 47.4 Å². The number of carbonyl (C=O) groups is 2. The van der Waals surface area contributed by atoms with E-state index in [-0.39, 0.29) is 11.5 Å². The van der Waals surface area contributed by atoms with Gasteiger partial charge in [0.05, 0.1) is 6.42 Å². The van der Waals surface area contributed by atoms with Crippen molar-refractivity contribution < 1.29 is 23.8 Å². The molecule has 5 nitrogen and oxygen atoms in total. The number of fused-ring (bicyclic) bond motifs is 1. The summed E-state index contributed by atoms with van der Waals surface area (Å²) in [4.78, 5) is 26.0. The summed E-state index contributed by atoms with van der Waals surface area (Å²) in [5.41, 5.74) is 1.54. The summed E-state index contributed by atoms with van der Waals surface area (Å²) in [6, 6.07) is 13.4. The summed E-state index contributed by atoms with van der Waals surface area (Å²) in [5.74, 6) is -1.86. The maximum atomic E-state index is 14.5. The van der Waals surface area contributed by atoms with Gasteiger partial charge in [0.1, 0.15) is 18.0 Å². The second-order valence-electron chi connectivity index (χ2n) is 7.03. The van der Waals surface area contributed by atoms with Gasteiger partial charge in [-0.25, -0.2) is 4.39 Å². The van der Waals surface area contributed by atoms with E-state index in [9.17, 15) is 19.1 Å². The summed E-state index contributed by atoms with van der Waals surface area (Å²) >= 11 is 0. The van der Waals surface area contributed by atoms with Gasteiger partial charge in [-0.2, -0.15) is 0 Å². The van der Waals surface area contributed by atoms with Gasteiger partial charge in [-0.05, 0) is 18.1 Å². The lowest BCUT2D eigenvalue weighted by atomic mass is 9.98. The smallest absolute Gasteiger partial charge is 0.306 e. The molecule has 0 radical (unpaired) electrons. The molecule has 1 N–H and O–H groups in total. The predicted molar refractivity (Wildman–Crippen MR) is 99.0 cm³/mol. The monoisotopic (exact) mass is 371 g/mol. The van der Waals surface area contributed by atoms with Crippen molar-refractivity contribution in [2.24, 2.45) is 5.92 Å². The van der Waals surface area contributed by atoms with Crippen LogP contribution in [-0.2, 0) is 14.3 Å². The minimum absolute atomic E-state index is 0.164. The standard InChI is InChI=1S/C21H22FNO4/c1-13(2)12-23-17-10-6-4-8-15(17)20(14-7-3-5-9-16(14)22)27-18(21(23)26)11-19(24)25/h3-10,13,18,20H,11-12H2,1-2H3,(H,24,25)/t18-,20-/m0/s1. The van der Waals surface area contributed by atoms with Crippen molar-refractivity contribution in [1.29, 1.82) is 0 Å². The molecule has 1 amide bonds. The Balaban J connectivity index is 2.16. The molecule has 1 aliphatic rings. The highest BCUT2D eigenvalue weighted by molar-refractivity contribution is 5.99. The van der Waals surface area contributed by atoms with Gasteiger partial charge in [0.15, 0.2) is 0 Å². The molecule has 0 unspecified atom stereocenters. The van der Waals surface area contributed by atoms with Crippen molar-refractivity contribution in [2.75, 3.05) is 11.4 Å². The van der Waals surface area contributed by atoms with Crippen LogP contribution in [0.4, 0.5) is 10.1 Å². The van der Waals surface area contributed by atoms with Crippen LogP contribution >= 0.6 is 0 Å². The van der Waals surface area contributed by atoms with Crippen LogP contribution in [0.1, 0.15) is 37.5 Å². The van der Waals surface area contributed by atoms with Crippen molar-refractivity contribution >= 4 is 17.6 Å². The minimum atomic E-state index is -1.20. The molecule has 142 valence electrons. The minimum Gasteiger partial charge on any atom is -0.481 e. The quantitative estimate of drug-likeness (QED) is 0.869. The maximum Gasteiger partial charge on any atom is 0.306 e. The largest absolute Gasteiger partial charge is 0.481 e. The molecule has 2 aromatic rings. The summed E-state index contributed by atoms with van der Waals surface area (Å²) in [7, 11) is 0. The van der Waals surface area contributed by atoms with E-state index in [1.165, 1.54) is 6.07 Å². The molecule has 27 heavy (non-hydrogen) atoms. The first kappa shape index (κ1) is 19.0. The second-order valence-corrected chi connectivity index (χ2v) is 7.03. The van der Waals surface area contributed by atoms with Crippen molar-refractivity contribution in [3.8, 4) is 0 Å². The van der Waals surface area contributed by atoms with E-state index in [2.05, 4.69) is 0 Å². The van der Waals surface area contributed by atoms with Crippen LogP contribution in [0.25, 0.3) is 0 Å². The molecule has 2 atom stereocenters. The van der Waals surface area contributed by atoms with Crippen LogP contribution in [0.3, 0.4) is 0 Å². The third-order valence-corrected chi connectivity index (χ3v) is 4.45. The molecule has 1 heterocycles. The van der Waals surface area contributed by atoms with E-state index in [4.69, 9.17) is 4.74 Å². The number of aliphatic carboxylic acids is 1. The summed E-state index contributed by atoms with van der Waals surface area (Å²) < 4.78 is 20.4. The van der Waals surface area contributed by atoms with Crippen LogP contribution in [-0.4, -0.2) is 29.6 Å². The van der Waals surface area contributed by atoms with Gasteiger partial charge in [-0.15, -0.1) is 0 Å². The van der Waals surface area contributed by atoms with Crippen molar-refractivity contribution in [3.63, 3.8) is 0 Å². The highest BCUT2D eigenvalue weighted by Crippen LogP contribution is 2.39. The van der Waals surface area contributed by atoms with Crippen LogP contribution in [0.5, 0.6) is 0 Å². The van der Waals surface area contributed by atoms with E-state index < -0.39 is 36.3 Å². The molecule has 6 heteroatoms. The average molecular weight is 371 g/mol. The van der Waals surface area contributed by atoms with Gasteiger partial charge >= 0.3 is 5.97 Å². The third-order valence-electron chi connectivity index (χ3n) is 4.45. The Bertz CT molecular complexity index is 852. The Kier molecular flexibility index (Phi) is 5.56. The van der Waals surface area contributed by atoms with Crippen LogP contribution in [0.2, 0.25) is 0 Å². The van der Waals surface area contributed by atoms with Gasteiger partial charge in [0.2, 0.25) is 0 Å². The molecule has 0 bridgehead atoms. The number of ether oxygens (including phenoxy) is 1. The molecule has 0 saturated carbocycles. The molecular formula is C21H22FNO4. The zero-order valence-electron chi connectivity index (χ0n) is 15.3. The third kappa shape index (κ3) is 4.01. The van der Waals surface area contributed by atoms with Crippen molar-refractivity contribution in [1.82, 2.24) is 0 Å². The Morgan fingerprint density at radius 3 is 2.41 bits per heavy atom. The summed E-state index contributed by atoms with van der Waals surface area (Å²) in [5, 5.41) is 9.25. The molecule has 1 aliphatic heterocycles. The van der Waals surface area contributed by atoms with Gasteiger partial charge in [-0.1, -0.05) is 50.2 Å². The normalized spacial score (nSPS) is 19.7. The number of carbonyl (C=O) groups excluding carboxylic acids is 1. The van der Waals surface area contributed by atoms with Crippen molar-refractivity contribution in [3.05, 3.63) is 65.5 Å². The highest BCUT2D eigenvalue weighted by Gasteiger charge is 2.38. The molecule has 0 saturated heterocycles. The van der Waals surface area contributed by atoms with Gasteiger partial charge in [-0.3, -0.25) is 9.59 Å². The van der Waals surface area contributed by atoms with E-state index in [0.717, 1.165) is 0 Å². The number of halogens is 1. The fourth-order valence-corrected chi connectivity index (χ4v) is 3.32. The number of rotatable bonds is 5. The first-order valence-electron chi connectivity index (χ1n) is 8.90. The number of carboxylic acid groups (broad SMARTS) is 1. The number of nitrogens with zero attached hydrogens (tertiary/aromatic N) is 1. The molecule has 0 aliphatic carbocycles. The lowest BCUT2D eigenvalue weighted by Crippen LogP contribution is -2.42. The Morgan fingerprint density at radius 1 is 1.15 bits per heavy atom. The Labute approximate surface area is 157 Å². The number of hydrogen-bond donors (Lipinski definition) is 1. The van der Waals surface area contributed by atoms with Crippen molar-refractivity contribution in [2.45, 2.75) is 32.5 Å². The average Bonchev–Trinajstić information content (AvgIpc) is 2.72. The number of anilines is 1. The number of hydrogen-bond acceptors (Lipinski definition) is 3. The summed E-state index contributed by atoms with van der Waals surface area (Å²) in [6.45, 7) is 4.36. The molecular weight excluding hydrogens is 349 g/mol. The molecule has 0 aromatic heterocycles. The summed E-state index contributed by atoms with van der Waals surface area (Å²) in [6.07, 6.45) is -2.54. The lowest BCUT2D eigenvalue weighted by Gasteiger charge is -2.26. The lowest BCUT2D eigenvalue weighted by molar-refractivity contribution is -0.147. The Hall–Kier alpha value is -2.73. The van der Waals surface area contributed by atoms with Crippen LogP contribution in [0.15, 0.2) is 48.5 Å². The topological polar surface area (TPSA) is 66.8 Å². The zero-order chi connectivity index (χ0) is 19.6. The predicted octanol–water partition coefficient (Wildman–Crippen LogP) is 3.78. The second kappa shape index (κ2) is 7.88. The fraction of sp³-hybridized carbons (Fsp3) is 0.333. The first-order chi connectivity index (χ1) is 12.9. The maximum absolute atomic E-state index is 14.5. The van der Waals surface area contributed by atoms with Crippen LogP contribution in [0, 0.1) is 11.7 Å². The molecule has 0 spiro atoms. The van der Waals surface area contributed by atoms with E-state index in [1.807, 2.05) is 13.8 Å². The van der Waals surface area contributed by atoms with Gasteiger partial charge in [0.25, 0.3) is 5.91 Å². The highest BCUT2D eigenvalue weighted by atomic mass is 19.1. The number of amides is 1. The SMILES string of the molecule is CC(C)CN1C(=O)[C@H](CC(=O)O)O[C@@H](c2ccccc2F)c2ccccc21. The number of carboxylic acids is 1. The molecule has 3 rings (SSSR count). The molecule has 0 fully saturated rings. The zero-order valence-corrected chi connectivity index (χ0v) is 15.3. The fourth-order valence-electron chi connectivity index (χ4n) is 3.32. The first-order valence-corrected chi connectivity index (χ1v) is 8.90. The number of para-hydroxylation sites is 1. The number of benzene rings is 2. The molecule has 2 aromatic carbocycles. The van der Waals surface area contributed by atoms with E-state index in [0.29, 0.717) is 17.8 Å². The van der Waals surface area contributed by atoms with Gasteiger partial charge in [0, 0.05) is 23.4 Å². The van der Waals surface area contributed by atoms with Crippen LogP contribution < -0.4 is 4.90 Å². The van der Waals surface area contributed by atoms with Gasteiger partial charge < -0.3 is 14.7 Å². The van der Waals surface area contributed by atoms with E-state index >= 15 is 0 Å².